The summed E-state index contributed by atoms with van der Waals surface area (Å²) in [6.45, 7) is 0. The molecule has 2 heterocycles. The lowest BCUT2D eigenvalue weighted by atomic mass is 10.3. The molecule has 0 aliphatic heterocycles. The van der Waals surface area contributed by atoms with Gasteiger partial charge in [-0.2, -0.15) is 0 Å². The molecule has 90 valence electrons. The number of aromatic nitrogens is 3. The van der Waals surface area contributed by atoms with Crippen molar-refractivity contribution in [1.29, 1.82) is 0 Å². The highest BCUT2D eigenvalue weighted by Crippen LogP contribution is 2.20. The molecule has 1 aromatic carbocycles. The first-order chi connectivity index (χ1) is 8.65. The van der Waals surface area contributed by atoms with Gasteiger partial charge in [-0.15, -0.1) is 0 Å². The second-order valence-electron chi connectivity index (χ2n) is 3.77. The van der Waals surface area contributed by atoms with Crippen LogP contribution in [0.5, 0.6) is 0 Å². The highest BCUT2D eigenvalue weighted by molar-refractivity contribution is 14.1. The van der Waals surface area contributed by atoms with Gasteiger partial charge in [0.05, 0.1) is 10.5 Å². The number of aromatic amines is 1. The van der Waals surface area contributed by atoms with Crippen LogP contribution in [0.25, 0.3) is 16.9 Å². The quantitative estimate of drug-likeness (QED) is 0.498. The van der Waals surface area contributed by atoms with Crippen molar-refractivity contribution >= 4 is 57.6 Å². The minimum atomic E-state index is 0.591. The lowest BCUT2D eigenvalue weighted by Gasteiger charge is -2.03. The van der Waals surface area contributed by atoms with Gasteiger partial charge in [0, 0.05) is 15.5 Å². The lowest BCUT2D eigenvalue weighted by molar-refractivity contribution is 1.04. The van der Waals surface area contributed by atoms with E-state index in [1.165, 1.54) is 3.57 Å². The summed E-state index contributed by atoms with van der Waals surface area (Å²) in [7, 11) is 0. The Labute approximate surface area is 127 Å². The summed E-state index contributed by atoms with van der Waals surface area (Å²) in [5.74, 6) is 0. The first-order valence-corrected chi connectivity index (χ1v) is 7.04. The Morgan fingerprint density at radius 3 is 2.72 bits per heavy atom. The number of nitrogens with one attached hydrogen (secondary N) is 1. The van der Waals surface area contributed by atoms with Crippen molar-refractivity contribution in [3.8, 4) is 5.69 Å². The van der Waals surface area contributed by atoms with Crippen molar-refractivity contribution in [3.63, 3.8) is 0 Å². The fourth-order valence-electron chi connectivity index (χ4n) is 1.80. The molecule has 3 aromatic rings. The van der Waals surface area contributed by atoms with E-state index in [2.05, 4.69) is 32.6 Å². The second kappa shape index (κ2) is 4.64. The molecule has 3 rings (SSSR count). The Morgan fingerprint density at radius 2 is 2.00 bits per heavy atom. The molecule has 3 nitrogen and oxygen atoms in total. The maximum atomic E-state index is 5.92. The molecule has 0 atom stereocenters. The molecule has 0 fully saturated rings. The van der Waals surface area contributed by atoms with Crippen LogP contribution in [0.1, 0.15) is 0 Å². The van der Waals surface area contributed by atoms with Crippen LogP contribution in [-0.4, -0.2) is 14.5 Å². The van der Waals surface area contributed by atoms with Crippen molar-refractivity contribution in [2.45, 2.75) is 0 Å². The number of nitrogens with zero attached hydrogens (tertiary/aromatic N) is 2. The number of halogens is 2. The number of fused-ring (bicyclic) bond motifs is 1. The van der Waals surface area contributed by atoms with E-state index >= 15 is 0 Å². The Balaban J connectivity index is 2.32. The van der Waals surface area contributed by atoms with E-state index in [-0.39, 0.29) is 0 Å². The number of pyridine rings is 1. The first kappa shape index (κ1) is 12.1. The summed E-state index contributed by atoms with van der Waals surface area (Å²) in [5.41, 5.74) is 2.61. The van der Waals surface area contributed by atoms with E-state index in [1.54, 1.807) is 6.20 Å². The van der Waals surface area contributed by atoms with E-state index in [0.717, 1.165) is 16.9 Å². The standard InChI is InChI=1S/C12H7ClIN3S/c13-7-5-10-11(15-6-7)17(12(18)16-10)9-3-1-8(14)2-4-9/h1-6H,(H,16,18). The van der Waals surface area contributed by atoms with Crippen LogP contribution < -0.4 is 0 Å². The molecular weight excluding hydrogens is 381 g/mol. The molecule has 0 spiro atoms. The molecule has 0 amide bonds. The average molecular weight is 388 g/mol. The van der Waals surface area contributed by atoms with Gasteiger partial charge < -0.3 is 4.98 Å². The highest BCUT2D eigenvalue weighted by atomic mass is 127. The molecule has 0 saturated heterocycles. The zero-order valence-electron chi connectivity index (χ0n) is 9.02. The fraction of sp³-hybridized carbons (Fsp3) is 0. The van der Waals surface area contributed by atoms with E-state index in [9.17, 15) is 0 Å². The number of hydrogen-bond acceptors (Lipinski definition) is 2. The van der Waals surface area contributed by atoms with E-state index in [1.807, 2.05) is 34.9 Å². The van der Waals surface area contributed by atoms with Gasteiger partial charge in [-0.05, 0) is 65.1 Å². The number of imidazole rings is 1. The SMILES string of the molecule is S=c1[nH]c2cc(Cl)cnc2n1-c1ccc(I)cc1. The van der Waals surface area contributed by atoms with Crippen LogP contribution in [-0.2, 0) is 0 Å². The van der Waals surface area contributed by atoms with Crippen LogP contribution in [0.2, 0.25) is 5.02 Å². The normalized spacial score (nSPS) is 11.0. The molecule has 0 saturated carbocycles. The summed E-state index contributed by atoms with van der Waals surface area (Å²) in [5, 5.41) is 0.591. The third kappa shape index (κ3) is 2.06. The molecule has 0 aliphatic rings. The van der Waals surface area contributed by atoms with E-state index in [0.29, 0.717) is 9.79 Å². The Morgan fingerprint density at radius 1 is 1.28 bits per heavy atom. The molecule has 2 aromatic heterocycles. The molecule has 1 N–H and O–H groups in total. The summed E-state index contributed by atoms with van der Waals surface area (Å²) >= 11 is 13.5. The van der Waals surface area contributed by atoms with E-state index in [4.69, 9.17) is 23.8 Å². The minimum absolute atomic E-state index is 0.591. The van der Waals surface area contributed by atoms with Gasteiger partial charge in [-0.25, -0.2) is 4.98 Å². The van der Waals surface area contributed by atoms with Crippen LogP contribution in [0.15, 0.2) is 36.5 Å². The van der Waals surface area contributed by atoms with Crippen LogP contribution in [0.3, 0.4) is 0 Å². The lowest BCUT2D eigenvalue weighted by Crippen LogP contribution is -1.95. The maximum Gasteiger partial charge on any atom is 0.183 e. The average Bonchev–Trinajstić information content (AvgIpc) is 2.65. The molecule has 6 heteroatoms. The van der Waals surface area contributed by atoms with E-state index < -0.39 is 0 Å². The van der Waals surface area contributed by atoms with Gasteiger partial charge in [-0.1, -0.05) is 11.6 Å². The number of rotatable bonds is 1. The molecule has 0 aliphatic carbocycles. The van der Waals surface area contributed by atoms with Crippen molar-refractivity contribution in [2.75, 3.05) is 0 Å². The zero-order chi connectivity index (χ0) is 12.7. The van der Waals surface area contributed by atoms with Gasteiger partial charge >= 0.3 is 0 Å². The minimum Gasteiger partial charge on any atom is -0.329 e. The van der Waals surface area contributed by atoms with Crippen LogP contribution in [0, 0.1) is 8.34 Å². The molecule has 0 radical (unpaired) electrons. The van der Waals surface area contributed by atoms with Gasteiger partial charge in [0.1, 0.15) is 0 Å². The summed E-state index contributed by atoms with van der Waals surface area (Å²) in [4.78, 5) is 7.44. The van der Waals surface area contributed by atoms with Crippen molar-refractivity contribution in [2.24, 2.45) is 0 Å². The first-order valence-electron chi connectivity index (χ1n) is 5.17. The Bertz CT molecular complexity index is 776. The molecule has 18 heavy (non-hydrogen) atoms. The monoisotopic (exact) mass is 387 g/mol. The molecule has 0 unspecified atom stereocenters. The maximum absolute atomic E-state index is 5.92. The summed E-state index contributed by atoms with van der Waals surface area (Å²) in [6, 6.07) is 9.92. The van der Waals surface area contributed by atoms with Crippen molar-refractivity contribution in [3.05, 3.63) is 49.9 Å². The van der Waals surface area contributed by atoms with Gasteiger partial charge in [0.25, 0.3) is 0 Å². The van der Waals surface area contributed by atoms with Gasteiger partial charge in [0.15, 0.2) is 10.4 Å². The fourth-order valence-corrected chi connectivity index (χ4v) is 2.62. The second-order valence-corrected chi connectivity index (χ2v) is 5.84. The number of H-pyrrole nitrogens is 1. The zero-order valence-corrected chi connectivity index (χ0v) is 12.8. The predicted molar refractivity (Wildman–Crippen MR) is 84.0 cm³/mol. The van der Waals surface area contributed by atoms with Gasteiger partial charge in [0.2, 0.25) is 0 Å². The third-order valence-electron chi connectivity index (χ3n) is 2.57. The Kier molecular flexibility index (Phi) is 3.13. The van der Waals surface area contributed by atoms with Crippen molar-refractivity contribution in [1.82, 2.24) is 14.5 Å². The summed E-state index contributed by atoms with van der Waals surface area (Å²) in [6.07, 6.45) is 1.62. The molecular formula is C12H7ClIN3S. The third-order valence-corrected chi connectivity index (χ3v) is 3.79. The summed E-state index contributed by atoms with van der Waals surface area (Å²) < 4.78 is 3.69. The number of hydrogen-bond donors (Lipinski definition) is 1. The highest BCUT2D eigenvalue weighted by Gasteiger charge is 2.08. The largest absolute Gasteiger partial charge is 0.329 e. The van der Waals surface area contributed by atoms with Crippen LogP contribution in [0.4, 0.5) is 0 Å². The predicted octanol–water partition coefficient (Wildman–Crippen LogP) is 4.34. The molecule has 0 bridgehead atoms. The van der Waals surface area contributed by atoms with Gasteiger partial charge in [-0.3, -0.25) is 4.57 Å². The Hall–Kier alpha value is -0.920. The van der Waals surface area contributed by atoms with Crippen molar-refractivity contribution < 1.29 is 0 Å². The smallest absolute Gasteiger partial charge is 0.183 e. The number of benzene rings is 1. The van der Waals surface area contributed by atoms with Crippen LogP contribution >= 0.6 is 46.4 Å². The topological polar surface area (TPSA) is 33.6 Å².